The van der Waals surface area contributed by atoms with E-state index in [1.54, 1.807) is 7.11 Å². The second-order valence-electron chi connectivity index (χ2n) is 8.15. The summed E-state index contributed by atoms with van der Waals surface area (Å²) in [6, 6.07) is 12.0. The molecule has 0 unspecified atom stereocenters. The van der Waals surface area contributed by atoms with Crippen molar-refractivity contribution in [3.8, 4) is 5.75 Å². The van der Waals surface area contributed by atoms with Crippen molar-refractivity contribution in [2.75, 3.05) is 20.8 Å². The van der Waals surface area contributed by atoms with Crippen molar-refractivity contribution in [1.29, 1.82) is 0 Å². The van der Waals surface area contributed by atoms with Crippen LogP contribution >= 0.6 is 0 Å². The Morgan fingerprint density at radius 3 is 2.79 bits per heavy atom. The number of hydrogen-bond acceptors (Lipinski definition) is 7. The van der Waals surface area contributed by atoms with Crippen molar-refractivity contribution in [1.82, 2.24) is 9.97 Å². The van der Waals surface area contributed by atoms with Crippen molar-refractivity contribution in [2.45, 2.75) is 46.0 Å². The molecule has 7 heteroatoms. The summed E-state index contributed by atoms with van der Waals surface area (Å²) in [7, 11) is 3.21. The lowest BCUT2D eigenvalue weighted by atomic mass is 9.89. The van der Waals surface area contributed by atoms with E-state index < -0.39 is 0 Å². The summed E-state index contributed by atoms with van der Waals surface area (Å²) in [5.41, 5.74) is 7.93. The van der Waals surface area contributed by atoms with Gasteiger partial charge < -0.3 is 14.4 Å². The van der Waals surface area contributed by atoms with E-state index in [9.17, 15) is 0 Å². The van der Waals surface area contributed by atoms with Gasteiger partial charge in [0.25, 0.3) is 0 Å². The molecule has 2 heterocycles. The fourth-order valence-electron chi connectivity index (χ4n) is 4.21. The molecule has 3 aromatic rings. The molecule has 0 amide bonds. The molecule has 0 saturated heterocycles. The van der Waals surface area contributed by atoms with Crippen LogP contribution in [0.5, 0.6) is 5.75 Å². The van der Waals surface area contributed by atoms with Crippen LogP contribution in [0, 0.1) is 6.92 Å². The summed E-state index contributed by atoms with van der Waals surface area (Å²) in [6.45, 7) is 4.57. The number of pyridine rings is 2. The zero-order valence-corrected chi connectivity index (χ0v) is 19.7. The largest absolute Gasteiger partial charge is 0.497 e. The van der Waals surface area contributed by atoms with Crippen molar-refractivity contribution in [3.63, 3.8) is 0 Å². The molecule has 1 aliphatic carbocycles. The van der Waals surface area contributed by atoms with Gasteiger partial charge in [-0.3, -0.25) is 4.98 Å². The molecule has 0 aliphatic heterocycles. The number of aromatic nitrogens is 2. The average Bonchev–Trinajstić information content (AvgIpc) is 2.84. The zero-order valence-electron chi connectivity index (χ0n) is 19.7. The molecule has 172 valence electrons. The van der Waals surface area contributed by atoms with Gasteiger partial charge in [0, 0.05) is 17.1 Å². The topological polar surface area (TPSA) is 78.2 Å². The maximum Gasteiger partial charge on any atom is 0.121 e. The summed E-state index contributed by atoms with van der Waals surface area (Å²) < 4.78 is 5.38. The third-order valence-electron chi connectivity index (χ3n) is 5.94. The maximum absolute atomic E-state index is 5.72. The van der Waals surface area contributed by atoms with Gasteiger partial charge in [0.15, 0.2) is 0 Å². The second kappa shape index (κ2) is 10.4. The summed E-state index contributed by atoms with van der Waals surface area (Å²) in [5, 5.41) is 9.60. The molecule has 0 spiro atoms. The highest BCUT2D eigenvalue weighted by molar-refractivity contribution is 6.03. The molecule has 33 heavy (non-hydrogen) atoms. The third-order valence-corrected chi connectivity index (χ3v) is 5.94. The van der Waals surface area contributed by atoms with Crippen LogP contribution in [0.2, 0.25) is 0 Å². The smallest absolute Gasteiger partial charge is 0.121 e. The fourth-order valence-corrected chi connectivity index (χ4v) is 4.21. The Balaban J connectivity index is 1.43. The minimum atomic E-state index is 0.524. The summed E-state index contributed by atoms with van der Waals surface area (Å²) in [6.07, 6.45) is 4.57. The highest BCUT2D eigenvalue weighted by Gasteiger charge is 2.21. The molecule has 2 aromatic heterocycles. The maximum atomic E-state index is 5.72. The van der Waals surface area contributed by atoms with Crippen LogP contribution in [0.15, 0.2) is 46.7 Å². The Morgan fingerprint density at radius 2 is 1.97 bits per heavy atom. The number of methoxy groups -OCH3 is 1. The van der Waals surface area contributed by atoms with E-state index in [4.69, 9.17) is 19.4 Å². The summed E-state index contributed by atoms with van der Waals surface area (Å²) in [5.74, 6) is 0.807. The molecule has 0 fully saturated rings. The van der Waals surface area contributed by atoms with E-state index in [1.165, 1.54) is 18.2 Å². The molecule has 1 aliphatic rings. The fraction of sp³-hybridized carbons (Fsp3) is 0.385. The number of fused-ring (bicyclic) bond motifs is 2. The van der Waals surface area contributed by atoms with Gasteiger partial charge in [0.2, 0.25) is 0 Å². The van der Waals surface area contributed by atoms with Crippen LogP contribution in [0.25, 0.3) is 10.9 Å². The monoisotopic (exact) mass is 446 g/mol. The number of benzene rings is 1. The lowest BCUT2D eigenvalue weighted by molar-refractivity contribution is 0.141. The van der Waals surface area contributed by atoms with Crippen molar-refractivity contribution < 1.29 is 14.4 Å². The third kappa shape index (κ3) is 5.13. The molecular weight excluding hydrogens is 416 g/mol. The van der Waals surface area contributed by atoms with Crippen LogP contribution < -0.4 is 4.74 Å². The lowest BCUT2D eigenvalue weighted by Gasteiger charge is -2.20. The number of oxime groups is 2. The Hall–Kier alpha value is -3.48. The Bertz CT molecular complexity index is 1200. The van der Waals surface area contributed by atoms with Crippen LogP contribution in [0.1, 0.15) is 54.4 Å². The van der Waals surface area contributed by atoms with E-state index in [2.05, 4.69) is 28.3 Å². The van der Waals surface area contributed by atoms with Crippen LogP contribution in [-0.2, 0) is 22.5 Å². The van der Waals surface area contributed by atoms with Crippen molar-refractivity contribution >= 4 is 22.3 Å². The van der Waals surface area contributed by atoms with Crippen LogP contribution in [0.4, 0.5) is 0 Å². The summed E-state index contributed by atoms with van der Waals surface area (Å²) in [4.78, 5) is 20.1. The molecular formula is C26H30N4O3. The van der Waals surface area contributed by atoms with Crippen LogP contribution in [0.3, 0.4) is 0 Å². The predicted molar refractivity (Wildman–Crippen MR) is 130 cm³/mol. The predicted octanol–water partition coefficient (Wildman–Crippen LogP) is 5.01. The lowest BCUT2D eigenvalue weighted by Crippen LogP contribution is -2.16. The Labute approximate surface area is 194 Å². The minimum absolute atomic E-state index is 0.524. The molecule has 0 atom stereocenters. The average molecular weight is 447 g/mol. The molecule has 0 N–H and O–H groups in total. The van der Waals surface area contributed by atoms with Gasteiger partial charge in [-0.15, -0.1) is 0 Å². The first-order valence-electron chi connectivity index (χ1n) is 11.3. The number of hydrogen-bond donors (Lipinski definition) is 0. The first-order chi connectivity index (χ1) is 16.1. The molecule has 0 radical (unpaired) electrons. The Morgan fingerprint density at radius 1 is 1.09 bits per heavy atom. The van der Waals surface area contributed by atoms with E-state index in [-0.39, 0.29) is 0 Å². The highest BCUT2D eigenvalue weighted by atomic mass is 16.6. The van der Waals surface area contributed by atoms with Crippen molar-refractivity contribution in [3.05, 3.63) is 64.6 Å². The van der Waals surface area contributed by atoms with E-state index >= 15 is 0 Å². The van der Waals surface area contributed by atoms with Gasteiger partial charge in [-0.2, -0.15) is 0 Å². The van der Waals surface area contributed by atoms with Gasteiger partial charge in [-0.05, 0) is 81.3 Å². The number of ether oxygens (including phenoxy) is 1. The standard InChI is InChI=1S/C26H30N4O3/c1-17-21-14-13-20(31-3)16-25(21)28-26-22(17)10-6-12-24(26)30-33-15-7-9-19-8-5-11-23(27-19)18(2)29-32-4/h5,8,11,13-14,16H,6-7,9-10,12,15H2,1-4H3/b29-18+,30-24+. The molecule has 0 saturated carbocycles. The van der Waals surface area contributed by atoms with Gasteiger partial charge >= 0.3 is 0 Å². The quantitative estimate of drug-likeness (QED) is 0.276. The molecule has 1 aromatic carbocycles. The molecule has 0 bridgehead atoms. The number of aryl methyl sites for hydroxylation is 2. The molecule has 7 nitrogen and oxygen atoms in total. The summed E-state index contributed by atoms with van der Waals surface area (Å²) >= 11 is 0. The SMILES string of the molecule is CO/N=C(\C)c1cccc(CCCO/N=C2\CCCc3c2nc2cc(OC)ccc2c3C)n1. The van der Waals surface area contributed by atoms with E-state index in [0.29, 0.717) is 6.61 Å². The Kier molecular flexibility index (Phi) is 7.17. The number of nitrogens with zero attached hydrogens (tertiary/aromatic N) is 4. The zero-order chi connectivity index (χ0) is 23.2. The molecule has 4 rings (SSSR count). The van der Waals surface area contributed by atoms with Gasteiger partial charge in [-0.1, -0.05) is 16.4 Å². The first kappa shape index (κ1) is 22.7. The van der Waals surface area contributed by atoms with Crippen molar-refractivity contribution in [2.24, 2.45) is 10.3 Å². The van der Waals surface area contributed by atoms with E-state index in [1.807, 2.05) is 37.3 Å². The normalized spacial score (nSPS) is 14.9. The minimum Gasteiger partial charge on any atom is -0.497 e. The van der Waals surface area contributed by atoms with Gasteiger partial charge in [0.05, 0.1) is 24.0 Å². The van der Waals surface area contributed by atoms with Gasteiger partial charge in [-0.25, -0.2) is 4.98 Å². The first-order valence-corrected chi connectivity index (χ1v) is 11.3. The number of rotatable bonds is 8. The van der Waals surface area contributed by atoms with Crippen LogP contribution in [-0.4, -0.2) is 42.2 Å². The van der Waals surface area contributed by atoms with E-state index in [0.717, 1.165) is 77.3 Å². The second-order valence-corrected chi connectivity index (χ2v) is 8.15. The van der Waals surface area contributed by atoms with Gasteiger partial charge in [0.1, 0.15) is 30.9 Å². The highest BCUT2D eigenvalue weighted by Crippen LogP contribution is 2.30.